The zero-order valence-corrected chi connectivity index (χ0v) is 15.9. The third-order valence-corrected chi connectivity index (χ3v) is 4.80. The van der Waals surface area contributed by atoms with Crippen LogP contribution in [0.15, 0.2) is 36.4 Å². The van der Waals surface area contributed by atoms with Crippen LogP contribution in [-0.4, -0.2) is 34.6 Å². The van der Waals surface area contributed by atoms with Crippen molar-refractivity contribution in [2.45, 2.75) is 32.8 Å². The van der Waals surface area contributed by atoms with Gasteiger partial charge in [-0.2, -0.15) is 0 Å². The predicted molar refractivity (Wildman–Crippen MR) is 105 cm³/mol. The number of aliphatic hydroxyl groups is 1. The molecule has 6 heteroatoms. The lowest BCUT2D eigenvalue weighted by Crippen LogP contribution is -2.30. The number of aliphatic hydroxyl groups excluding tert-OH is 1. The molecule has 0 spiro atoms. The number of nitrogens with zero attached hydrogens (tertiary/aromatic N) is 1. The summed E-state index contributed by atoms with van der Waals surface area (Å²) in [4.78, 5) is 20.1. The molecule has 0 saturated heterocycles. The minimum absolute atomic E-state index is 0.406. The van der Waals surface area contributed by atoms with Crippen LogP contribution in [0.5, 0.6) is 5.75 Å². The lowest BCUT2D eigenvalue weighted by atomic mass is 10.1. The number of aryl methyl sites for hydroxylation is 3. The average Bonchev–Trinajstić information content (AvgIpc) is 3.11. The van der Waals surface area contributed by atoms with Crippen LogP contribution in [0.4, 0.5) is 0 Å². The maximum atomic E-state index is 12.1. The summed E-state index contributed by atoms with van der Waals surface area (Å²) in [6.07, 6.45) is 0.276. The summed E-state index contributed by atoms with van der Waals surface area (Å²) >= 11 is 0. The van der Waals surface area contributed by atoms with E-state index in [2.05, 4.69) is 35.2 Å². The molecule has 1 aromatic heterocycles. The highest BCUT2D eigenvalue weighted by molar-refractivity contribution is 5.82. The van der Waals surface area contributed by atoms with E-state index in [9.17, 15) is 9.90 Å². The molecule has 1 amide bonds. The first-order valence-electron chi connectivity index (χ1n) is 9.04. The number of ether oxygens (including phenoxy) is 1. The fraction of sp³-hybridized carbons (Fsp3) is 0.333. The van der Waals surface area contributed by atoms with Gasteiger partial charge in [0.05, 0.1) is 18.1 Å². The molecule has 6 nitrogen and oxygen atoms in total. The number of amides is 1. The number of imidazole rings is 1. The van der Waals surface area contributed by atoms with Crippen molar-refractivity contribution in [3.8, 4) is 5.75 Å². The van der Waals surface area contributed by atoms with Gasteiger partial charge >= 0.3 is 0 Å². The summed E-state index contributed by atoms with van der Waals surface area (Å²) in [7, 11) is 1.57. The highest BCUT2D eigenvalue weighted by Gasteiger charge is 2.16. The first-order valence-corrected chi connectivity index (χ1v) is 9.04. The van der Waals surface area contributed by atoms with Gasteiger partial charge in [0.25, 0.3) is 5.91 Å². The molecule has 1 heterocycles. The van der Waals surface area contributed by atoms with E-state index in [0.29, 0.717) is 17.9 Å². The third-order valence-electron chi connectivity index (χ3n) is 4.80. The topological polar surface area (TPSA) is 87.2 Å². The Kier molecular flexibility index (Phi) is 5.76. The minimum Gasteiger partial charge on any atom is -0.497 e. The van der Waals surface area contributed by atoms with E-state index in [0.717, 1.165) is 29.7 Å². The predicted octanol–water partition coefficient (Wildman–Crippen LogP) is 2.97. The zero-order valence-electron chi connectivity index (χ0n) is 15.9. The number of methoxy groups -OCH3 is 1. The van der Waals surface area contributed by atoms with Crippen molar-refractivity contribution in [1.82, 2.24) is 15.3 Å². The average molecular weight is 367 g/mol. The minimum atomic E-state index is -1.19. The molecule has 1 atom stereocenters. The summed E-state index contributed by atoms with van der Waals surface area (Å²) in [5, 5.41) is 12.9. The number of aromatic nitrogens is 2. The SMILES string of the molecule is COc1ccc([C@@H](O)C(=O)NCCCc2nc3c(C)c(C)ccc3[nH]2)cc1. The summed E-state index contributed by atoms with van der Waals surface area (Å²) in [6, 6.07) is 10.9. The molecule has 27 heavy (non-hydrogen) atoms. The van der Waals surface area contributed by atoms with E-state index in [1.165, 1.54) is 11.1 Å². The molecule has 0 saturated carbocycles. The van der Waals surface area contributed by atoms with Crippen LogP contribution in [0.1, 0.15) is 35.0 Å². The van der Waals surface area contributed by atoms with Gasteiger partial charge in [-0.3, -0.25) is 4.79 Å². The summed E-state index contributed by atoms with van der Waals surface area (Å²) in [5.41, 5.74) is 4.98. The molecular formula is C21H25N3O3. The molecule has 0 aliphatic carbocycles. The van der Waals surface area contributed by atoms with Crippen molar-refractivity contribution in [3.63, 3.8) is 0 Å². The maximum absolute atomic E-state index is 12.1. The second kappa shape index (κ2) is 8.22. The number of H-pyrrole nitrogens is 1. The highest BCUT2D eigenvalue weighted by atomic mass is 16.5. The Morgan fingerprint density at radius 1 is 1.22 bits per heavy atom. The normalized spacial score (nSPS) is 12.1. The van der Waals surface area contributed by atoms with Crippen molar-refractivity contribution in [1.29, 1.82) is 0 Å². The van der Waals surface area contributed by atoms with Crippen molar-refractivity contribution in [2.75, 3.05) is 13.7 Å². The van der Waals surface area contributed by atoms with Crippen molar-refractivity contribution in [3.05, 3.63) is 58.9 Å². The van der Waals surface area contributed by atoms with E-state index >= 15 is 0 Å². The fourth-order valence-electron chi connectivity index (χ4n) is 2.98. The van der Waals surface area contributed by atoms with Gasteiger partial charge in [-0.05, 0) is 55.2 Å². The Labute approximate surface area is 158 Å². The van der Waals surface area contributed by atoms with Crippen LogP contribution in [0.2, 0.25) is 0 Å². The molecule has 2 aromatic carbocycles. The number of nitrogens with one attached hydrogen (secondary N) is 2. The molecule has 142 valence electrons. The lowest BCUT2D eigenvalue weighted by Gasteiger charge is -2.12. The molecule has 0 fully saturated rings. The molecule has 0 unspecified atom stereocenters. The molecule has 3 aromatic rings. The van der Waals surface area contributed by atoms with Crippen LogP contribution in [-0.2, 0) is 11.2 Å². The number of aromatic amines is 1. The monoisotopic (exact) mass is 367 g/mol. The number of hydrogen-bond acceptors (Lipinski definition) is 4. The second-order valence-corrected chi connectivity index (χ2v) is 6.66. The summed E-state index contributed by atoms with van der Waals surface area (Å²) in [5.74, 6) is 1.18. The van der Waals surface area contributed by atoms with E-state index in [1.54, 1.807) is 31.4 Å². The van der Waals surface area contributed by atoms with Crippen molar-refractivity contribution < 1.29 is 14.6 Å². The first kappa shape index (κ1) is 18.9. The van der Waals surface area contributed by atoms with E-state index < -0.39 is 12.0 Å². The van der Waals surface area contributed by atoms with Gasteiger partial charge in [-0.25, -0.2) is 4.98 Å². The Balaban J connectivity index is 1.50. The van der Waals surface area contributed by atoms with Gasteiger partial charge in [0.1, 0.15) is 11.6 Å². The number of carbonyl (C=O) groups excluding carboxylic acids is 1. The molecule has 0 aliphatic heterocycles. The largest absolute Gasteiger partial charge is 0.497 e. The fourth-order valence-corrected chi connectivity index (χ4v) is 2.98. The second-order valence-electron chi connectivity index (χ2n) is 6.66. The molecule has 0 bridgehead atoms. The van der Waals surface area contributed by atoms with Gasteiger partial charge in [-0.1, -0.05) is 18.2 Å². The lowest BCUT2D eigenvalue weighted by molar-refractivity contribution is -0.129. The van der Waals surface area contributed by atoms with Gasteiger partial charge in [-0.15, -0.1) is 0 Å². The smallest absolute Gasteiger partial charge is 0.253 e. The maximum Gasteiger partial charge on any atom is 0.253 e. The van der Waals surface area contributed by atoms with Crippen LogP contribution in [0.25, 0.3) is 11.0 Å². The molecule has 0 radical (unpaired) electrons. The Morgan fingerprint density at radius 3 is 2.67 bits per heavy atom. The summed E-state index contributed by atoms with van der Waals surface area (Å²) < 4.78 is 5.08. The Bertz CT molecular complexity index is 932. The molecule has 0 aliphatic rings. The number of rotatable bonds is 7. The van der Waals surface area contributed by atoms with Gasteiger partial charge in [0, 0.05) is 13.0 Å². The first-order chi connectivity index (χ1) is 13.0. The summed E-state index contributed by atoms with van der Waals surface area (Å²) in [6.45, 7) is 4.62. The number of hydrogen-bond donors (Lipinski definition) is 3. The van der Waals surface area contributed by atoms with Crippen LogP contribution < -0.4 is 10.1 Å². The van der Waals surface area contributed by atoms with Gasteiger partial charge in [0.2, 0.25) is 0 Å². The van der Waals surface area contributed by atoms with E-state index in [4.69, 9.17) is 4.74 Å². The van der Waals surface area contributed by atoms with Crippen molar-refractivity contribution >= 4 is 16.9 Å². The third kappa shape index (κ3) is 4.28. The van der Waals surface area contributed by atoms with E-state index in [-0.39, 0.29) is 0 Å². The number of fused-ring (bicyclic) bond motifs is 1. The van der Waals surface area contributed by atoms with Crippen LogP contribution in [0, 0.1) is 13.8 Å². The molecular weight excluding hydrogens is 342 g/mol. The zero-order chi connectivity index (χ0) is 19.4. The van der Waals surface area contributed by atoms with Gasteiger partial charge in [0.15, 0.2) is 6.10 Å². The standard InChI is InChI=1S/C21H25N3O3/c1-13-6-11-17-19(14(13)2)24-18(23-17)5-4-12-22-21(26)20(25)15-7-9-16(27-3)10-8-15/h6-11,20,25H,4-5,12H2,1-3H3,(H,22,26)(H,23,24)/t20-/m1/s1. The highest BCUT2D eigenvalue weighted by Crippen LogP contribution is 2.20. The van der Waals surface area contributed by atoms with Crippen molar-refractivity contribution in [2.24, 2.45) is 0 Å². The Hall–Kier alpha value is -2.86. The van der Waals surface area contributed by atoms with Gasteiger partial charge < -0.3 is 20.1 Å². The molecule has 3 rings (SSSR count). The quantitative estimate of drug-likeness (QED) is 0.560. The number of carbonyl (C=O) groups is 1. The number of benzene rings is 2. The molecule has 3 N–H and O–H groups in total. The Morgan fingerprint density at radius 2 is 1.96 bits per heavy atom. The van der Waals surface area contributed by atoms with Crippen LogP contribution >= 0.6 is 0 Å². The van der Waals surface area contributed by atoms with Crippen LogP contribution in [0.3, 0.4) is 0 Å². The van der Waals surface area contributed by atoms with E-state index in [1.807, 2.05) is 6.07 Å².